The Hall–Kier alpha value is -2.32. The van der Waals surface area contributed by atoms with Crippen LogP contribution < -0.4 is 20.5 Å². The molecule has 1 aliphatic heterocycles. The van der Waals surface area contributed by atoms with Crippen molar-refractivity contribution in [2.24, 2.45) is 5.73 Å². The van der Waals surface area contributed by atoms with Gasteiger partial charge in [-0.05, 0) is 31.0 Å². The van der Waals surface area contributed by atoms with E-state index in [0.717, 1.165) is 36.6 Å². The van der Waals surface area contributed by atoms with E-state index in [2.05, 4.69) is 15.4 Å². The number of benzene rings is 1. The molecule has 0 radical (unpaired) electrons. The maximum absolute atomic E-state index is 10.9. The van der Waals surface area contributed by atoms with Gasteiger partial charge in [-0.1, -0.05) is 11.6 Å². The lowest BCUT2D eigenvalue weighted by Gasteiger charge is -2.24. The molecule has 3 N–H and O–H groups in total. The number of hydrogen-bond donors (Lipinski definition) is 2. The molecule has 1 aromatic carbocycles. The fraction of sp³-hybridized carbons (Fsp3) is 0.471. The highest BCUT2D eigenvalue weighted by Gasteiger charge is 2.21. The largest absolute Gasteiger partial charge is 0.493 e. The smallest absolute Gasteiger partial charge is 0.255 e. The maximum atomic E-state index is 10.9. The van der Waals surface area contributed by atoms with Crippen LogP contribution in [-0.4, -0.2) is 40.4 Å². The standard InChI is InChI=1S/C17H22ClN5O3/c1-10-21-16-4-3-12(8-23(16)22-10)20-7-11-5-13(18)17(14(6-11)25-2)26-9-15(19)24/h5-6,12,20H,3-4,7-9H2,1-2H3,(H2,19,24). The van der Waals surface area contributed by atoms with E-state index < -0.39 is 5.91 Å². The summed E-state index contributed by atoms with van der Waals surface area (Å²) in [6, 6.07) is 3.93. The molecule has 0 saturated heterocycles. The lowest BCUT2D eigenvalue weighted by Crippen LogP contribution is -2.37. The molecule has 0 saturated carbocycles. The molecule has 8 nitrogen and oxygen atoms in total. The zero-order chi connectivity index (χ0) is 18.7. The van der Waals surface area contributed by atoms with E-state index in [0.29, 0.717) is 29.1 Å². The minimum Gasteiger partial charge on any atom is -0.493 e. The highest BCUT2D eigenvalue weighted by molar-refractivity contribution is 6.32. The molecule has 2 aromatic rings. The Kier molecular flexibility index (Phi) is 5.63. The van der Waals surface area contributed by atoms with Gasteiger partial charge in [0.2, 0.25) is 0 Å². The van der Waals surface area contributed by atoms with Crippen molar-refractivity contribution in [1.82, 2.24) is 20.1 Å². The number of carbonyl (C=O) groups excluding carboxylic acids is 1. The van der Waals surface area contributed by atoms with Crippen LogP contribution in [0.5, 0.6) is 11.5 Å². The van der Waals surface area contributed by atoms with Gasteiger partial charge >= 0.3 is 0 Å². The number of methoxy groups -OCH3 is 1. The Morgan fingerprint density at radius 3 is 3.04 bits per heavy atom. The predicted octanol–water partition coefficient (Wildman–Crippen LogP) is 1.22. The molecule has 1 atom stereocenters. The molecule has 0 aliphatic carbocycles. The van der Waals surface area contributed by atoms with Gasteiger partial charge in [0.1, 0.15) is 11.6 Å². The number of primary amides is 1. The van der Waals surface area contributed by atoms with E-state index in [4.69, 9.17) is 26.8 Å². The molecule has 1 amide bonds. The van der Waals surface area contributed by atoms with Crippen LogP contribution in [0.4, 0.5) is 0 Å². The number of amides is 1. The van der Waals surface area contributed by atoms with Crippen LogP contribution in [0.25, 0.3) is 0 Å². The number of rotatable bonds is 7. The average Bonchev–Trinajstić information content (AvgIpc) is 2.97. The monoisotopic (exact) mass is 379 g/mol. The summed E-state index contributed by atoms with van der Waals surface area (Å²) in [6.07, 6.45) is 1.91. The number of carbonyl (C=O) groups is 1. The molecule has 0 fully saturated rings. The average molecular weight is 380 g/mol. The van der Waals surface area contributed by atoms with Crippen molar-refractivity contribution in [2.75, 3.05) is 13.7 Å². The van der Waals surface area contributed by atoms with E-state index in [1.165, 1.54) is 7.11 Å². The molecular weight excluding hydrogens is 358 g/mol. The van der Waals surface area contributed by atoms with Crippen LogP contribution in [-0.2, 0) is 24.3 Å². The van der Waals surface area contributed by atoms with Gasteiger partial charge in [-0.2, -0.15) is 5.10 Å². The minimum absolute atomic E-state index is 0.255. The summed E-state index contributed by atoms with van der Waals surface area (Å²) in [5.41, 5.74) is 6.07. The molecule has 0 bridgehead atoms. The van der Waals surface area contributed by atoms with Gasteiger partial charge in [0.15, 0.2) is 18.1 Å². The molecular formula is C17H22ClN5O3. The zero-order valence-electron chi connectivity index (χ0n) is 14.8. The van der Waals surface area contributed by atoms with Crippen molar-refractivity contribution >= 4 is 17.5 Å². The highest BCUT2D eigenvalue weighted by Crippen LogP contribution is 2.36. The molecule has 2 heterocycles. The quantitative estimate of drug-likeness (QED) is 0.749. The third-order valence-corrected chi connectivity index (χ3v) is 4.49. The molecule has 1 unspecified atom stereocenters. The zero-order valence-corrected chi connectivity index (χ0v) is 15.5. The van der Waals surface area contributed by atoms with Gasteiger partial charge in [0.05, 0.1) is 18.7 Å². The topological polar surface area (TPSA) is 104 Å². The Bertz CT molecular complexity index is 808. The van der Waals surface area contributed by atoms with Gasteiger partial charge < -0.3 is 20.5 Å². The Balaban J connectivity index is 1.65. The maximum Gasteiger partial charge on any atom is 0.255 e. The summed E-state index contributed by atoms with van der Waals surface area (Å²) in [6.45, 7) is 3.07. The summed E-state index contributed by atoms with van der Waals surface area (Å²) in [5.74, 6) is 2.06. The normalized spacial score (nSPS) is 16.2. The van der Waals surface area contributed by atoms with Gasteiger partial charge in [-0.15, -0.1) is 0 Å². The first-order valence-corrected chi connectivity index (χ1v) is 8.75. The number of nitrogens with two attached hydrogens (primary N) is 1. The third kappa shape index (κ3) is 4.25. The van der Waals surface area contributed by atoms with Crippen molar-refractivity contribution in [3.8, 4) is 11.5 Å². The minimum atomic E-state index is -0.575. The fourth-order valence-electron chi connectivity index (χ4n) is 3.02. The summed E-state index contributed by atoms with van der Waals surface area (Å²) in [4.78, 5) is 15.3. The fourth-order valence-corrected chi connectivity index (χ4v) is 3.31. The molecule has 0 spiro atoms. The SMILES string of the molecule is COc1cc(CNC2CCc3nc(C)nn3C2)cc(Cl)c1OCC(N)=O. The van der Waals surface area contributed by atoms with Gasteiger partial charge in [-0.25, -0.2) is 9.67 Å². The van der Waals surface area contributed by atoms with E-state index in [1.807, 2.05) is 17.7 Å². The Labute approximate surface area is 156 Å². The molecule has 26 heavy (non-hydrogen) atoms. The molecule has 1 aromatic heterocycles. The van der Waals surface area contributed by atoms with Gasteiger partial charge in [0.25, 0.3) is 5.91 Å². The number of hydrogen-bond acceptors (Lipinski definition) is 6. The summed E-state index contributed by atoms with van der Waals surface area (Å²) in [7, 11) is 1.52. The number of fused-ring (bicyclic) bond motifs is 1. The number of ether oxygens (including phenoxy) is 2. The summed E-state index contributed by atoms with van der Waals surface area (Å²) < 4.78 is 12.6. The number of aromatic nitrogens is 3. The second-order valence-corrected chi connectivity index (χ2v) is 6.65. The number of halogens is 1. The van der Waals surface area contributed by atoms with Crippen molar-refractivity contribution < 1.29 is 14.3 Å². The van der Waals surface area contributed by atoms with Crippen LogP contribution in [0.15, 0.2) is 12.1 Å². The van der Waals surface area contributed by atoms with Crippen molar-refractivity contribution in [3.05, 3.63) is 34.4 Å². The van der Waals surface area contributed by atoms with Crippen molar-refractivity contribution in [1.29, 1.82) is 0 Å². The number of aryl methyl sites for hydroxylation is 2. The second kappa shape index (κ2) is 7.92. The van der Waals surface area contributed by atoms with Crippen LogP contribution in [0.3, 0.4) is 0 Å². The van der Waals surface area contributed by atoms with Crippen LogP contribution in [0, 0.1) is 6.92 Å². The van der Waals surface area contributed by atoms with E-state index >= 15 is 0 Å². The summed E-state index contributed by atoms with van der Waals surface area (Å²) in [5, 5.41) is 8.31. The van der Waals surface area contributed by atoms with Crippen LogP contribution >= 0.6 is 11.6 Å². The molecule has 9 heteroatoms. The van der Waals surface area contributed by atoms with Crippen LogP contribution in [0.2, 0.25) is 5.02 Å². The first-order valence-electron chi connectivity index (χ1n) is 8.37. The lowest BCUT2D eigenvalue weighted by molar-refractivity contribution is -0.119. The third-order valence-electron chi connectivity index (χ3n) is 4.21. The summed E-state index contributed by atoms with van der Waals surface area (Å²) >= 11 is 6.28. The molecule has 140 valence electrons. The van der Waals surface area contributed by atoms with Gasteiger partial charge in [-0.3, -0.25) is 4.79 Å². The van der Waals surface area contributed by atoms with E-state index in [1.54, 1.807) is 6.07 Å². The second-order valence-electron chi connectivity index (χ2n) is 6.24. The van der Waals surface area contributed by atoms with Crippen molar-refractivity contribution in [3.63, 3.8) is 0 Å². The number of nitrogens with zero attached hydrogens (tertiary/aromatic N) is 3. The van der Waals surface area contributed by atoms with Crippen LogP contribution in [0.1, 0.15) is 23.6 Å². The molecule has 3 rings (SSSR count). The number of nitrogens with one attached hydrogen (secondary N) is 1. The predicted molar refractivity (Wildman–Crippen MR) is 96.4 cm³/mol. The highest BCUT2D eigenvalue weighted by atomic mass is 35.5. The van der Waals surface area contributed by atoms with Crippen molar-refractivity contribution in [2.45, 2.75) is 38.9 Å². The van der Waals surface area contributed by atoms with Gasteiger partial charge in [0, 0.05) is 19.0 Å². The van der Waals surface area contributed by atoms with E-state index in [-0.39, 0.29) is 6.61 Å². The first kappa shape index (κ1) is 18.5. The Morgan fingerprint density at radius 2 is 2.31 bits per heavy atom. The Morgan fingerprint density at radius 1 is 1.50 bits per heavy atom. The van der Waals surface area contributed by atoms with E-state index in [9.17, 15) is 4.79 Å². The first-order chi connectivity index (χ1) is 12.5. The lowest BCUT2D eigenvalue weighted by atomic mass is 10.1. The molecule has 1 aliphatic rings.